The quantitative estimate of drug-likeness (QED) is 0.428. The molecular formula is C32H39ClN2O5S. The zero-order valence-corrected chi connectivity index (χ0v) is 25.1. The predicted octanol–water partition coefficient (Wildman–Crippen LogP) is 5.39. The second-order valence-corrected chi connectivity index (χ2v) is 14.7. The monoisotopic (exact) mass is 598 g/mol. The van der Waals surface area contributed by atoms with E-state index in [1.807, 2.05) is 18.2 Å². The van der Waals surface area contributed by atoms with Crippen LogP contribution in [0.25, 0.3) is 0 Å². The van der Waals surface area contributed by atoms with Crippen molar-refractivity contribution in [2.24, 2.45) is 11.8 Å². The van der Waals surface area contributed by atoms with Gasteiger partial charge in [-0.3, -0.25) is 4.79 Å². The van der Waals surface area contributed by atoms with Crippen molar-refractivity contribution in [1.29, 1.82) is 0 Å². The summed E-state index contributed by atoms with van der Waals surface area (Å²) in [5, 5.41) is 11.1. The molecule has 5 atom stereocenters. The summed E-state index contributed by atoms with van der Waals surface area (Å²) in [6.45, 7) is 3.74. The average molecular weight is 599 g/mol. The number of allylic oxidation sites excluding steroid dienone is 1. The predicted molar refractivity (Wildman–Crippen MR) is 161 cm³/mol. The Balaban J connectivity index is 1.42. The standard InChI is InChI=1S/C32H39ClN2O5S/c1-2-25-7-3-4-8-29(36)26-12-9-23(26)18-35-19-32(15-5-6-21-16-24(33)11-13-27(21)32)20-40-30-14-10-22(17-28(30)35)31(37)34-41(25,38)39/h3-4,10-11,13-14,16-17,23,25-26,29,36H,2,5-9,12,15,18-20H2,1H3,(H,34,37)/b4-3+/t23-,25+,26+,29-,32-/m0/s1. The molecule has 2 aliphatic carbocycles. The summed E-state index contributed by atoms with van der Waals surface area (Å²) >= 11 is 6.38. The van der Waals surface area contributed by atoms with E-state index >= 15 is 0 Å². The first kappa shape index (κ1) is 28.6. The third-order valence-corrected chi connectivity index (χ3v) is 11.9. The van der Waals surface area contributed by atoms with Crippen LogP contribution in [-0.2, 0) is 21.9 Å². The van der Waals surface area contributed by atoms with Crippen molar-refractivity contribution in [1.82, 2.24) is 4.72 Å². The number of rotatable bonds is 1. The molecule has 0 saturated heterocycles. The van der Waals surface area contributed by atoms with Crippen LogP contribution in [0.3, 0.4) is 0 Å². The molecule has 2 aromatic carbocycles. The average Bonchev–Trinajstić information content (AvgIpc) is 3.07. The minimum Gasteiger partial charge on any atom is -0.490 e. The van der Waals surface area contributed by atoms with Gasteiger partial charge in [0.05, 0.1) is 23.6 Å². The first-order valence-electron chi connectivity index (χ1n) is 14.9. The molecule has 2 heterocycles. The second kappa shape index (κ2) is 11.3. The number of aliphatic hydroxyl groups excluding tert-OH is 1. The number of halogens is 1. The van der Waals surface area contributed by atoms with E-state index in [4.69, 9.17) is 16.3 Å². The molecule has 1 saturated carbocycles. The Morgan fingerprint density at radius 1 is 1.15 bits per heavy atom. The van der Waals surface area contributed by atoms with E-state index in [9.17, 15) is 18.3 Å². The van der Waals surface area contributed by atoms with Gasteiger partial charge in [0.2, 0.25) is 10.0 Å². The molecule has 0 aromatic heterocycles. The molecule has 2 bridgehead atoms. The lowest BCUT2D eigenvalue weighted by Crippen LogP contribution is -2.49. The van der Waals surface area contributed by atoms with Gasteiger partial charge in [0.25, 0.3) is 5.91 Å². The third kappa shape index (κ3) is 5.51. The van der Waals surface area contributed by atoms with Crippen LogP contribution in [0.15, 0.2) is 48.6 Å². The summed E-state index contributed by atoms with van der Waals surface area (Å²) in [4.78, 5) is 15.6. The van der Waals surface area contributed by atoms with Crippen molar-refractivity contribution in [3.63, 3.8) is 0 Å². The number of carbonyl (C=O) groups is 1. The Bertz CT molecular complexity index is 1460. The summed E-state index contributed by atoms with van der Waals surface area (Å²) in [7, 11) is -3.89. The highest BCUT2D eigenvalue weighted by atomic mass is 35.5. The number of fused-ring (bicyclic) bond motifs is 4. The minimum absolute atomic E-state index is 0.172. The maximum Gasteiger partial charge on any atom is 0.264 e. The van der Waals surface area contributed by atoms with Crippen LogP contribution in [-0.4, -0.2) is 50.5 Å². The molecule has 2 aromatic rings. The number of benzene rings is 2. The largest absolute Gasteiger partial charge is 0.490 e. The van der Waals surface area contributed by atoms with Crippen molar-refractivity contribution in [2.75, 3.05) is 24.6 Å². The summed E-state index contributed by atoms with van der Waals surface area (Å²) in [5.74, 6) is 0.541. The molecule has 4 aliphatic rings. The molecule has 1 fully saturated rings. The number of aliphatic hydroxyl groups is 1. The number of sulfonamides is 1. The van der Waals surface area contributed by atoms with E-state index in [1.54, 1.807) is 25.1 Å². The minimum atomic E-state index is -3.89. The maximum absolute atomic E-state index is 13.3. The van der Waals surface area contributed by atoms with E-state index in [1.165, 1.54) is 11.1 Å². The van der Waals surface area contributed by atoms with Gasteiger partial charge in [-0.1, -0.05) is 36.7 Å². The molecule has 0 unspecified atom stereocenters. The molecule has 220 valence electrons. The Kier molecular flexibility index (Phi) is 7.85. The fourth-order valence-electron chi connectivity index (χ4n) is 7.31. The van der Waals surface area contributed by atoms with E-state index in [2.05, 4.69) is 21.8 Å². The maximum atomic E-state index is 13.3. The van der Waals surface area contributed by atoms with Gasteiger partial charge in [0, 0.05) is 29.1 Å². The van der Waals surface area contributed by atoms with Gasteiger partial charge in [-0.05, 0) is 105 Å². The summed E-state index contributed by atoms with van der Waals surface area (Å²) in [6.07, 6.45) is 9.39. The van der Waals surface area contributed by atoms with Crippen LogP contribution in [0, 0.1) is 11.8 Å². The number of aryl methyl sites for hydroxylation is 1. The van der Waals surface area contributed by atoms with Gasteiger partial charge in [-0.2, -0.15) is 0 Å². The van der Waals surface area contributed by atoms with E-state index in [0.29, 0.717) is 44.1 Å². The molecule has 2 aliphatic heterocycles. The normalized spacial score (nSPS) is 32.0. The van der Waals surface area contributed by atoms with Crippen LogP contribution >= 0.6 is 11.6 Å². The number of anilines is 1. The van der Waals surface area contributed by atoms with Gasteiger partial charge < -0.3 is 14.7 Å². The molecule has 0 radical (unpaired) electrons. The molecular weight excluding hydrogens is 560 g/mol. The fraction of sp³-hybridized carbons (Fsp3) is 0.531. The molecule has 2 N–H and O–H groups in total. The van der Waals surface area contributed by atoms with Crippen molar-refractivity contribution in [3.8, 4) is 5.75 Å². The van der Waals surface area contributed by atoms with Gasteiger partial charge in [-0.15, -0.1) is 0 Å². The smallest absolute Gasteiger partial charge is 0.264 e. The van der Waals surface area contributed by atoms with Crippen molar-refractivity contribution < 1.29 is 23.1 Å². The van der Waals surface area contributed by atoms with Crippen molar-refractivity contribution in [2.45, 2.75) is 75.1 Å². The number of amides is 1. The van der Waals surface area contributed by atoms with Crippen LogP contribution in [0.2, 0.25) is 5.02 Å². The molecule has 1 spiro atoms. The third-order valence-electron chi connectivity index (χ3n) is 9.80. The highest BCUT2D eigenvalue weighted by Gasteiger charge is 2.44. The van der Waals surface area contributed by atoms with Gasteiger partial charge in [0.15, 0.2) is 0 Å². The van der Waals surface area contributed by atoms with Crippen LogP contribution in [0.1, 0.15) is 73.4 Å². The lowest BCUT2D eigenvalue weighted by atomic mass is 9.68. The molecule has 7 nitrogen and oxygen atoms in total. The summed E-state index contributed by atoms with van der Waals surface area (Å²) in [6, 6.07) is 11.4. The number of nitrogens with zero attached hydrogens (tertiary/aromatic N) is 1. The number of ether oxygens (including phenoxy) is 1. The number of carbonyl (C=O) groups excluding carboxylic acids is 1. The molecule has 41 heavy (non-hydrogen) atoms. The van der Waals surface area contributed by atoms with E-state index < -0.39 is 27.3 Å². The molecule has 1 amide bonds. The zero-order valence-electron chi connectivity index (χ0n) is 23.5. The van der Waals surface area contributed by atoms with Gasteiger partial charge >= 0.3 is 0 Å². The Hall–Kier alpha value is -2.55. The highest BCUT2D eigenvalue weighted by Crippen LogP contribution is 2.46. The van der Waals surface area contributed by atoms with Crippen LogP contribution in [0.5, 0.6) is 5.75 Å². The van der Waals surface area contributed by atoms with Crippen molar-refractivity contribution in [3.05, 3.63) is 70.3 Å². The second-order valence-electron chi connectivity index (χ2n) is 12.3. The van der Waals surface area contributed by atoms with Crippen LogP contribution in [0.4, 0.5) is 5.69 Å². The van der Waals surface area contributed by atoms with Crippen LogP contribution < -0.4 is 14.4 Å². The zero-order chi connectivity index (χ0) is 28.8. The van der Waals surface area contributed by atoms with Crippen molar-refractivity contribution >= 4 is 33.2 Å². The number of hydrogen-bond acceptors (Lipinski definition) is 6. The lowest BCUT2D eigenvalue weighted by molar-refractivity contribution is 0.0177. The molecule has 9 heteroatoms. The van der Waals surface area contributed by atoms with E-state index in [-0.39, 0.29) is 16.9 Å². The van der Waals surface area contributed by atoms with Gasteiger partial charge in [-0.25, -0.2) is 13.1 Å². The Morgan fingerprint density at radius 3 is 2.76 bits per heavy atom. The van der Waals surface area contributed by atoms with E-state index in [0.717, 1.165) is 49.4 Å². The van der Waals surface area contributed by atoms with Gasteiger partial charge in [0.1, 0.15) is 5.75 Å². The number of hydrogen-bond donors (Lipinski definition) is 2. The molecule has 6 rings (SSSR count). The topological polar surface area (TPSA) is 95.9 Å². The first-order valence-corrected chi connectivity index (χ1v) is 16.8. The Morgan fingerprint density at radius 2 is 1.98 bits per heavy atom. The SMILES string of the molecule is CC[C@@H]1C/C=C/C[C@H](O)[C@@H]2CC[C@H]2CN2C[C@@]3(CCCc4cc(Cl)ccc43)COc3ccc(cc32)C(=O)NS1(=O)=O. The lowest BCUT2D eigenvalue weighted by Gasteiger charge is -2.45. The summed E-state index contributed by atoms with van der Waals surface area (Å²) < 4.78 is 35.1. The fourth-order valence-corrected chi connectivity index (χ4v) is 8.85. The summed E-state index contributed by atoms with van der Waals surface area (Å²) in [5.41, 5.74) is 3.35. The first-order chi connectivity index (χ1) is 19.7. The Labute approximate surface area is 248 Å². The number of nitrogens with one attached hydrogen (secondary N) is 1. The highest BCUT2D eigenvalue weighted by molar-refractivity contribution is 7.90.